The number of likely N-dealkylation sites (N-methyl/N-ethyl adjacent to an activating group) is 1. The van der Waals surface area contributed by atoms with Crippen molar-refractivity contribution in [3.63, 3.8) is 0 Å². The Balaban J connectivity index is 2.13. The fourth-order valence-electron chi connectivity index (χ4n) is 1.97. The van der Waals surface area contributed by atoms with Gasteiger partial charge in [0.15, 0.2) is 5.13 Å². The second-order valence-electron chi connectivity index (χ2n) is 4.42. The van der Waals surface area contributed by atoms with Crippen LogP contribution in [0.3, 0.4) is 0 Å². The zero-order chi connectivity index (χ0) is 12.3. The van der Waals surface area contributed by atoms with Crippen molar-refractivity contribution in [2.45, 2.75) is 19.8 Å². The summed E-state index contributed by atoms with van der Waals surface area (Å²) in [7, 11) is 2.14. The van der Waals surface area contributed by atoms with E-state index in [1.54, 1.807) is 11.3 Å². The number of nitriles is 1. The molecule has 4 nitrogen and oxygen atoms in total. The van der Waals surface area contributed by atoms with Crippen LogP contribution >= 0.6 is 11.3 Å². The predicted octanol–water partition coefficient (Wildman–Crippen LogP) is 1.72. The van der Waals surface area contributed by atoms with Gasteiger partial charge < -0.3 is 9.80 Å². The first-order valence-electron chi connectivity index (χ1n) is 6.08. The molecule has 0 radical (unpaired) electrons. The lowest BCUT2D eigenvalue weighted by molar-refractivity contribution is 0.312. The molecule has 0 amide bonds. The van der Waals surface area contributed by atoms with Crippen LogP contribution < -0.4 is 4.90 Å². The first kappa shape index (κ1) is 12.3. The standard InChI is InChI=1S/C12H18N4S/c1-3-4-10-11(9-13)17-12(14-10)16-7-5-15(2)6-8-16/h3-8H2,1-2H3. The van der Waals surface area contributed by atoms with Crippen LogP contribution in [0.5, 0.6) is 0 Å². The summed E-state index contributed by atoms with van der Waals surface area (Å²) < 4.78 is 0. The van der Waals surface area contributed by atoms with Gasteiger partial charge in [0.2, 0.25) is 0 Å². The van der Waals surface area contributed by atoms with Crippen LogP contribution in [0.15, 0.2) is 0 Å². The molecule has 92 valence electrons. The van der Waals surface area contributed by atoms with Crippen molar-refractivity contribution in [1.82, 2.24) is 9.88 Å². The highest BCUT2D eigenvalue weighted by Crippen LogP contribution is 2.27. The molecule has 0 bridgehead atoms. The van der Waals surface area contributed by atoms with Crippen LogP contribution in [0.4, 0.5) is 5.13 Å². The Labute approximate surface area is 106 Å². The van der Waals surface area contributed by atoms with Crippen LogP contribution in [0, 0.1) is 11.3 Å². The Hall–Kier alpha value is -1.12. The molecule has 0 aliphatic carbocycles. The molecular weight excluding hydrogens is 232 g/mol. The third kappa shape index (κ3) is 2.76. The van der Waals surface area contributed by atoms with Gasteiger partial charge in [-0.2, -0.15) is 5.26 Å². The van der Waals surface area contributed by atoms with E-state index in [1.807, 2.05) is 0 Å². The predicted molar refractivity (Wildman–Crippen MR) is 70.5 cm³/mol. The molecule has 1 aliphatic heterocycles. The highest BCUT2D eigenvalue weighted by atomic mass is 32.1. The molecule has 1 fully saturated rings. The van der Waals surface area contributed by atoms with Crippen LogP contribution in [0.2, 0.25) is 0 Å². The van der Waals surface area contributed by atoms with Crippen LogP contribution in [0.25, 0.3) is 0 Å². The van der Waals surface area contributed by atoms with Gasteiger partial charge >= 0.3 is 0 Å². The van der Waals surface area contributed by atoms with E-state index in [0.717, 1.165) is 54.7 Å². The summed E-state index contributed by atoms with van der Waals surface area (Å²) >= 11 is 1.54. The van der Waals surface area contributed by atoms with Gasteiger partial charge in [-0.25, -0.2) is 4.98 Å². The molecule has 0 spiro atoms. The minimum absolute atomic E-state index is 0.792. The molecule has 17 heavy (non-hydrogen) atoms. The molecule has 1 aromatic heterocycles. The van der Waals surface area contributed by atoms with E-state index in [9.17, 15) is 0 Å². The van der Waals surface area contributed by atoms with Crippen LogP contribution in [-0.4, -0.2) is 43.1 Å². The Morgan fingerprint density at radius 1 is 1.35 bits per heavy atom. The third-order valence-corrected chi connectivity index (χ3v) is 4.11. The van der Waals surface area contributed by atoms with Gasteiger partial charge in [0.25, 0.3) is 0 Å². The fraction of sp³-hybridized carbons (Fsp3) is 0.667. The molecule has 0 saturated carbocycles. The minimum atomic E-state index is 0.792. The Morgan fingerprint density at radius 3 is 2.65 bits per heavy atom. The summed E-state index contributed by atoms with van der Waals surface area (Å²) in [6, 6.07) is 2.27. The lowest BCUT2D eigenvalue weighted by Crippen LogP contribution is -2.44. The number of thiazole rings is 1. The zero-order valence-corrected chi connectivity index (χ0v) is 11.3. The Morgan fingerprint density at radius 2 is 2.06 bits per heavy atom. The highest BCUT2D eigenvalue weighted by molar-refractivity contribution is 7.16. The maximum absolute atomic E-state index is 9.09. The minimum Gasteiger partial charge on any atom is -0.345 e. The number of aryl methyl sites for hydroxylation is 1. The number of hydrogen-bond donors (Lipinski definition) is 0. The second-order valence-corrected chi connectivity index (χ2v) is 5.40. The average molecular weight is 250 g/mol. The zero-order valence-electron chi connectivity index (χ0n) is 10.4. The van der Waals surface area contributed by atoms with Crippen molar-refractivity contribution in [2.24, 2.45) is 0 Å². The molecular formula is C12H18N4S. The second kappa shape index (κ2) is 5.48. The Kier molecular flexibility index (Phi) is 3.97. The summed E-state index contributed by atoms with van der Waals surface area (Å²) in [4.78, 5) is 10.0. The van der Waals surface area contributed by atoms with Crippen LogP contribution in [0.1, 0.15) is 23.9 Å². The summed E-state index contributed by atoms with van der Waals surface area (Å²) in [5, 5.41) is 10.1. The smallest absolute Gasteiger partial charge is 0.186 e. The van der Waals surface area contributed by atoms with E-state index in [-0.39, 0.29) is 0 Å². The van der Waals surface area contributed by atoms with Gasteiger partial charge in [0, 0.05) is 26.2 Å². The van der Waals surface area contributed by atoms with Crippen molar-refractivity contribution in [3.8, 4) is 6.07 Å². The van der Waals surface area contributed by atoms with Crippen molar-refractivity contribution < 1.29 is 0 Å². The molecule has 1 aliphatic rings. The van der Waals surface area contributed by atoms with Gasteiger partial charge in [-0.15, -0.1) is 0 Å². The molecule has 0 atom stereocenters. The molecule has 5 heteroatoms. The normalized spacial score (nSPS) is 17.1. The van der Waals surface area contributed by atoms with Gasteiger partial charge in [-0.1, -0.05) is 24.7 Å². The maximum Gasteiger partial charge on any atom is 0.186 e. The number of piperazine rings is 1. The lowest BCUT2D eigenvalue weighted by atomic mass is 10.2. The number of aromatic nitrogens is 1. The van der Waals surface area contributed by atoms with Crippen molar-refractivity contribution in [2.75, 3.05) is 38.1 Å². The van der Waals surface area contributed by atoms with Crippen LogP contribution in [-0.2, 0) is 6.42 Å². The largest absolute Gasteiger partial charge is 0.345 e. The molecule has 1 saturated heterocycles. The highest BCUT2D eigenvalue weighted by Gasteiger charge is 2.19. The first-order valence-corrected chi connectivity index (χ1v) is 6.89. The number of rotatable bonds is 3. The summed E-state index contributed by atoms with van der Waals surface area (Å²) in [5.41, 5.74) is 0.980. The van der Waals surface area contributed by atoms with E-state index in [2.05, 4.69) is 34.8 Å². The summed E-state index contributed by atoms with van der Waals surface area (Å²) in [6.45, 7) is 6.30. The molecule has 0 aromatic carbocycles. The number of anilines is 1. The molecule has 2 heterocycles. The molecule has 1 aromatic rings. The maximum atomic E-state index is 9.09. The van der Waals surface area contributed by atoms with Crippen molar-refractivity contribution >= 4 is 16.5 Å². The van der Waals surface area contributed by atoms with E-state index in [4.69, 9.17) is 5.26 Å². The fourth-order valence-corrected chi connectivity index (χ4v) is 2.93. The lowest BCUT2D eigenvalue weighted by Gasteiger charge is -2.32. The third-order valence-electron chi connectivity index (χ3n) is 3.05. The number of hydrogen-bond acceptors (Lipinski definition) is 5. The summed E-state index contributed by atoms with van der Waals surface area (Å²) in [5.74, 6) is 0. The van der Waals surface area contributed by atoms with Crippen molar-refractivity contribution in [1.29, 1.82) is 5.26 Å². The first-order chi connectivity index (χ1) is 8.24. The van der Waals surface area contributed by atoms with E-state index < -0.39 is 0 Å². The summed E-state index contributed by atoms with van der Waals surface area (Å²) in [6.07, 6.45) is 1.95. The topological polar surface area (TPSA) is 43.2 Å². The average Bonchev–Trinajstić information content (AvgIpc) is 2.74. The van der Waals surface area contributed by atoms with Gasteiger partial charge in [-0.3, -0.25) is 0 Å². The monoisotopic (exact) mass is 250 g/mol. The SMILES string of the molecule is CCCc1nc(N2CCN(C)CC2)sc1C#N. The van der Waals surface area contributed by atoms with Gasteiger partial charge in [0.1, 0.15) is 10.9 Å². The molecule has 0 unspecified atom stereocenters. The Bertz CT molecular complexity index is 413. The van der Waals surface area contributed by atoms with E-state index in [1.165, 1.54) is 0 Å². The van der Waals surface area contributed by atoms with Crippen molar-refractivity contribution in [3.05, 3.63) is 10.6 Å². The molecule has 2 rings (SSSR count). The van der Waals surface area contributed by atoms with E-state index in [0.29, 0.717) is 0 Å². The van der Waals surface area contributed by atoms with Gasteiger partial charge in [-0.05, 0) is 13.5 Å². The van der Waals surface area contributed by atoms with E-state index >= 15 is 0 Å². The quantitative estimate of drug-likeness (QED) is 0.819. The molecule has 0 N–H and O–H groups in total. The number of nitrogens with zero attached hydrogens (tertiary/aromatic N) is 4. The van der Waals surface area contributed by atoms with Gasteiger partial charge in [0.05, 0.1) is 5.69 Å².